The Morgan fingerprint density at radius 1 is 1.03 bits per heavy atom. The minimum absolute atomic E-state index is 0.137. The molecule has 2 aromatic heterocycles. The number of aromatic nitrogens is 4. The van der Waals surface area contributed by atoms with E-state index in [0.29, 0.717) is 24.3 Å². The molecule has 1 aliphatic heterocycles. The smallest absolute Gasteiger partial charge is 0.332 e. The van der Waals surface area contributed by atoms with E-state index in [1.54, 1.807) is 7.05 Å². The Morgan fingerprint density at radius 2 is 1.71 bits per heavy atom. The van der Waals surface area contributed by atoms with Crippen LogP contribution in [0.2, 0.25) is 0 Å². The zero-order chi connectivity index (χ0) is 22.4. The van der Waals surface area contributed by atoms with Crippen LogP contribution < -0.4 is 11.2 Å². The number of hydrogen-bond donors (Lipinski definition) is 0. The van der Waals surface area contributed by atoms with Crippen LogP contribution in [0.5, 0.6) is 0 Å². The van der Waals surface area contributed by atoms with E-state index in [9.17, 15) is 9.59 Å². The molecule has 0 spiro atoms. The third-order valence-electron chi connectivity index (χ3n) is 6.12. The topological polar surface area (TPSA) is 74.3 Å². The molecule has 3 heterocycles. The van der Waals surface area contributed by atoms with E-state index in [-0.39, 0.29) is 23.5 Å². The predicted molar refractivity (Wildman–Crippen MR) is 121 cm³/mol. The Kier molecular flexibility index (Phi) is 5.61. The van der Waals surface area contributed by atoms with E-state index in [0.717, 1.165) is 34.6 Å². The normalized spacial score (nSPS) is 19.9. The van der Waals surface area contributed by atoms with Gasteiger partial charge in [0, 0.05) is 33.7 Å². The van der Waals surface area contributed by atoms with Gasteiger partial charge in [-0.25, -0.2) is 9.78 Å². The van der Waals surface area contributed by atoms with E-state index >= 15 is 0 Å². The average molecular weight is 426 g/mol. The quantitative estimate of drug-likeness (QED) is 0.636. The molecule has 166 valence electrons. The highest BCUT2D eigenvalue weighted by Gasteiger charge is 2.26. The molecule has 0 amide bonds. The molecule has 0 bridgehead atoms. The second-order valence-electron chi connectivity index (χ2n) is 8.87. The van der Waals surface area contributed by atoms with Crippen LogP contribution in [-0.2, 0) is 31.9 Å². The fourth-order valence-corrected chi connectivity index (χ4v) is 4.54. The highest BCUT2D eigenvalue weighted by molar-refractivity contribution is 5.71. The van der Waals surface area contributed by atoms with Gasteiger partial charge in [0.05, 0.1) is 18.8 Å². The molecule has 2 atom stereocenters. The minimum Gasteiger partial charge on any atom is -0.373 e. The van der Waals surface area contributed by atoms with Crippen molar-refractivity contribution in [1.29, 1.82) is 0 Å². The number of hydrogen-bond acceptors (Lipinski definition) is 5. The lowest BCUT2D eigenvalue weighted by molar-refractivity contribution is -0.0712. The molecule has 31 heavy (non-hydrogen) atoms. The summed E-state index contributed by atoms with van der Waals surface area (Å²) < 4.78 is 10.5. The lowest BCUT2D eigenvalue weighted by Gasteiger charge is -2.35. The fraction of sp³-hybridized carbons (Fsp3) is 0.522. The SMILES string of the molecule is Cc1ccc(C)c(Cn2c(CN3C[C@@H](C)O[C@H](C)C3)nc3c2c(=O)n(C)c(=O)n3C)c1. The Labute approximate surface area is 181 Å². The standard InChI is InChI=1S/C23H31N5O3/c1-14-7-8-15(2)18(9-14)12-28-19(13-27-10-16(3)31-17(4)11-27)24-21-20(28)22(29)26(6)23(30)25(21)5/h7-9,16-17H,10-13H2,1-6H3/t16-,17-/m1/s1. The van der Waals surface area contributed by atoms with Gasteiger partial charge in [0.15, 0.2) is 11.2 Å². The molecule has 8 heteroatoms. The van der Waals surface area contributed by atoms with Crippen molar-refractivity contribution in [3.63, 3.8) is 0 Å². The van der Waals surface area contributed by atoms with Crippen LogP contribution in [0.25, 0.3) is 11.2 Å². The molecule has 4 rings (SSSR count). The maximum absolute atomic E-state index is 13.1. The molecule has 0 radical (unpaired) electrons. The molecule has 0 N–H and O–H groups in total. The monoisotopic (exact) mass is 425 g/mol. The summed E-state index contributed by atoms with van der Waals surface area (Å²) in [5.74, 6) is 0.788. The van der Waals surface area contributed by atoms with Gasteiger partial charge in [0.2, 0.25) is 0 Å². The van der Waals surface area contributed by atoms with Gasteiger partial charge in [-0.2, -0.15) is 0 Å². The van der Waals surface area contributed by atoms with Crippen LogP contribution in [0.4, 0.5) is 0 Å². The van der Waals surface area contributed by atoms with E-state index in [1.165, 1.54) is 17.2 Å². The van der Waals surface area contributed by atoms with Crippen molar-refractivity contribution >= 4 is 11.2 Å². The maximum atomic E-state index is 13.1. The molecule has 1 aromatic carbocycles. The van der Waals surface area contributed by atoms with Crippen molar-refractivity contribution in [3.05, 3.63) is 61.6 Å². The third kappa shape index (κ3) is 3.97. The molecule has 0 aliphatic carbocycles. The van der Waals surface area contributed by atoms with Crippen molar-refractivity contribution in [1.82, 2.24) is 23.6 Å². The van der Waals surface area contributed by atoms with Crippen molar-refractivity contribution in [2.24, 2.45) is 14.1 Å². The molecule has 3 aromatic rings. The first-order chi connectivity index (χ1) is 14.7. The molecule has 8 nitrogen and oxygen atoms in total. The van der Waals surface area contributed by atoms with E-state index < -0.39 is 0 Å². The number of benzene rings is 1. The number of fused-ring (bicyclic) bond motifs is 1. The van der Waals surface area contributed by atoms with Crippen LogP contribution in [0.1, 0.15) is 36.4 Å². The number of imidazole rings is 1. The van der Waals surface area contributed by atoms with E-state index in [4.69, 9.17) is 9.72 Å². The van der Waals surface area contributed by atoms with Crippen LogP contribution >= 0.6 is 0 Å². The van der Waals surface area contributed by atoms with Gasteiger partial charge in [-0.15, -0.1) is 0 Å². The summed E-state index contributed by atoms with van der Waals surface area (Å²) in [6, 6.07) is 6.34. The molecular weight excluding hydrogens is 394 g/mol. The average Bonchev–Trinajstić information content (AvgIpc) is 3.05. The molecular formula is C23H31N5O3. The highest BCUT2D eigenvalue weighted by Crippen LogP contribution is 2.20. The Bertz CT molecular complexity index is 1240. The van der Waals surface area contributed by atoms with Crippen LogP contribution in [0, 0.1) is 13.8 Å². The summed E-state index contributed by atoms with van der Waals surface area (Å²) >= 11 is 0. The van der Waals surface area contributed by atoms with Gasteiger partial charge in [-0.05, 0) is 38.8 Å². The summed E-state index contributed by atoms with van der Waals surface area (Å²) in [6.07, 6.45) is 0.274. The Balaban J connectivity index is 1.88. The summed E-state index contributed by atoms with van der Waals surface area (Å²) in [5.41, 5.74) is 3.69. The molecule has 0 saturated carbocycles. The van der Waals surface area contributed by atoms with Crippen molar-refractivity contribution in [3.8, 4) is 0 Å². The first-order valence-electron chi connectivity index (χ1n) is 10.7. The van der Waals surface area contributed by atoms with Crippen molar-refractivity contribution in [2.75, 3.05) is 13.1 Å². The number of ether oxygens (including phenoxy) is 1. The largest absolute Gasteiger partial charge is 0.373 e. The zero-order valence-corrected chi connectivity index (χ0v) is 19.2. The van der Waals surface area contributed by atoms with Gasteiger partial charge in [0.1, 0.15) is 5.82 Å². The number of nitrogens with zero attached hydrogens (tertiary/aromatic N) is 5. The summed E-state index contributed by atoms with van der Waals surface area (Å²) in [6.45, 7) is 11.0. The lowest BCUT2D eigenvalue weighted by atomic mass is 10.1. The molecule has 1 fully saturated rings. The first-order valence-corrected chi connectivity index (χ1v) is 10.7. The number of rotatable bonds is 4. The number of aryl methyl sites for hydroxylation is 3. The van der Waals surface area contributed by atoms with E-state index in [1.807, 2.05) is 4.57 Å². The Hall–Kier alpha value is -2.71. The van der Waals surface area contributed by atoms with Gasteiger partial charge in [-0.3, -0.25) is 18.8 Å². The Morgan fingerprint density at radius 3 is 2.39 bits per heavy atom. The van der Waals surface area contributed by atoms with Crippen LogP contribution in [0.3, 0.4) is 0 Å². The highest BCUT2D eigenvalue weighted by atomic mass is 16.5. The van der Waals surface area contributed by atoms with Crippen LogP contribution in [-0.4, -0.2) is 48.9 Å². The van der Waals surface area contributed by atoms with Gasteiger partial charge >= 0.3 is 5.69 Å². The first kappa shape index (κ1) is 21.5. The molecule has 0 unspecified atom stereocenters. The number of morpholine rings is 1. The zero-order valence-electron chi connectivity index (χ0n) is 19.2. The molecule has 1 saturated heterocycles. The maximum Gasteiger partial charge on any atom is 0.332 e. The minimum atomic E-state index is -0.367. The summed E-state index contributed by atoms with van der Waals surface area (Å²) in [7, 11) is 3.19. The second-order valence-corrected chi connectivity index (χ2v) is 8.87. The lowest BCUT2D eigenvalue weighted by Crippen LogP contribution is -2.45. The predicted octanol–water partition coefficient (Wildman–Crippen LogP) is 1.71. The van der Waals surface area contributed by atoms with Crippen molar-refractivity contribution < 1.29 is 4.74 Å². The van der Waals surface area contributed by atoms with Crippen molar-refractivity contribution in [2.45, 2.75) is 53.0 Å². The van der Waals surface area contributed by atoms with Gasteiger partial charge < -0.3 is 9.30 Å². The second kappa shape index (κ2) is 8.09. The summed E-state index contributed by atoms with van der Waals surface area (Å²) in [4.78, 5) is 32.7. The van der Waals surface area contributed by atoms with Crippen LogP contribution in [0.15, 0.2) is 27.8 Å². The van der Waals surface area contributed by atoms with Gasteiger partial charge in [0.25, 0.3) is 5.56 Å². The summed E-state index contributed by atoms with van der Waals surface area (Å²) in [5, 5.41) is 0. The van der Waals surface area contributed by atoms with E-state index in [2.05, 4.69) is 50.8 Å². The fourth-order valence-electron chi connectivity index (χ4n) is 4.54. The third-order valence-corrected chi connectivity index (χ3v) is 6.12. The molecule has 1 aliphatic rings. The van der Waals surface area contributed by atoms with Gasteiger partial charge in [-0.1, -0.05) is 23.8 Å².